The van der Waals surface area contributed by atoms with E-state index >= 15 is 0 Å². The molecule has 0 unspecified atom stereocenters. The molecule has 0 aliphatic heterocycles. The molecule has 0 aliphatic carbocycles. The van der Waals surface area contributed by atoms with Gasteiger partial charge < -0.3 is 8.17 Å². The maximum atomic E-state index is 10.1. The molecule has 0 radical (unpaired) electrons. The molecule has 0 fully saturated rings. The molecule has 2 rings (SSSR count). The second-order valence-corrected chi connectivity index (χ2v) is 5.77. The molecule has 2 nitrogen and oxygen atoms in total. The number of aliphatic hydroxyl groups excluding tert-OH is 1. The Morgan fingerprint density at radius 2 is 1.84 bits per heavy atom. The van der Waals surface area contributed by atoms with Gasteiger partial charge in [-0.15, -0.1) is 0 Å². The number of halogens is 2. The molecule has 0 aliphatic rings. The zero-order valence-corrected chi connectivity index (χ0v) is 14.5. The van der Waals surface area contributed by atoms with Crippen molar-refractivity contribution in [2.75, 3.05) is 0 Å². The number of aryl methyl sites for hydroxylation is 1. The van der Waals surface area contributed by atoms with Gasteiger partial charge in [-0.2, -0.15) is 0 Å². The normalized spacial score (nSPS) is 11.4. The third-order valence-corrected chi connectivity index (χ3v) is 4.01. The number of hydrogen-bond acceptors (Lipinski definition) is 2. The summed E-state index contributed by atoms with van der Waals surface area (Å²) < 4.78 is 6.19. The summed E-state index contributed by atoms with van der Waals surface area (Å²) in [6.07, 6.45) is 1.75. The fraction of sp³-hybridized carbons (Fsp3) is 0.0667. The van der Waals surface area contributed by atoms with E-state index in [0.29, 0.717) is 0 Å². The van der Waals surface area contributed by atoms with Gasteiger partial charge in [0.05, 0.1) is 3.57 Å². The van der Waals surface area contributed by atoms with E-state index < -0.39 is 0 Å². The topological polar surface area (TPSA) is 29.5 Å². The van der Waals surface area contributed by atoms with E-state index in [0.717, 1.165) is 20.4 Å². The molecule has 0 aromatic heterocycles. The highest BCUT2D eigenvalue weighted by atomic mass is 127. The second-order valence-electron chi connectivity index (χ2n) is 4.16. The first-order valence-electron chi connectivity index (χ1n) is 5.66. The lowest BCUT2D eigenvalue weighted by Gasteiger charge is -2.04. The van der Waals surface area contributed by atoms with Crippen LogP contribution in [0.15, 0.2) is 42.5 Å². The molecular formula is C15H12I2O2. The Morgan fingerprint density at radius 3 is 2.42 bits per heavy atom. The summed E-state index contributed by atoms with van der Waals surface area (Å²) in [5, 5.41) is 10.1. The lowest BCUT2D eigenvalue weighted by Crippen LogP contribution is -1.85. The van der Waals surface area contributed by atoms with Crippen molar-refractivity contribution >= 4 is 57.4 Å². The summed E-state index contributed by atoms with van der Waals surface area (Å²) in [7, 11) is 0. The number of benzene rings is 2. The van der Waals surface area contributed by atoms with Crippen molar-refractivity contribution in [3.05, 3.63) is 62.7 Å². The Kier molecular flexibility index (Phi) is 5.09. The van der Waals surface area contributed by atoms with Gasteiger partial charge in [-0.1, -0.05) is 35.9 Å². The first-order chi connectivity index (χ1) is 9.10. The van der Waals surface area contributed by atoms with Crippen LogP contribution in [0.5, 0.6) is 5.75 Å². The highest BCUT2D eigenvalue weighted by Crippen LogP contribution is 2.25. The molecule has 0 spiro atoms. The molecule has 0 saturated heterocycles. The third kappa shape index (κ3) is 3.85. The van der Waals surface area contributed by atoms with Gasteiger partial charge in [-0.25, -0.2) is 0 Å². The highest BCUT2D eigenvalue weighted by Gasteiger charge is 2.03. The quantitative estimate of drug-likeness (QED) is 0.365. The monoisotopic (exact) mass is 478 g/mol. The molecule has 0 heterocycles. The van der Waals surface area contributed by atoms with E-state index in [9.17, 15) is 5.11 Å². The Hall–Kier alpha value is -0.760. The van der Waals surface area contributed by atoms with Gasteiger partial charge in [0.2, 0.25) is 0 Å². The van der Waals surface area contributed by atoms with Crippen LogP contribution in [-0.4, -0.2) is 5.11 Å². The van der Waals surface area contributed by atoms with Crippen molar-refractivity contribution in [3.8, 4) is 5.75 Å². The van der Waals surface area contributed by atoms with Crippen LogP contribution in [0, 0.1) is 10.5 Å². The van der Waals surface area contributed by atoms with E-state index in [1.165, 1.54) is 5.56 Å². The van der Waals surface area contributed by atoms with Crippen molar-refractivity contribution < 1.29 is 8.17 Å². The fourth-order valence-corrected chi connectivity index (χ4v) is 3.09. The average molecular weight is 478 g/mol. The minimum Gasteiger partial charge on any atom is -0.507 e. The lowest BCUT2D eigenvalue weighted by molar-refractivity contribution is 0.515. The van der Waals surface area contributed by atoms with E-state index in [4.69, 9.17) is 3.07 Å². The standard InChI is InChI=1S/C15H12I2O2/c1-10-2-5-12(6-3-10)14(18)9-11-4-7-15(19-17)13(16)8-11/h2-9,18H,1H3/b14-9-. The molecule has 4 heteroatoms. The molecule has 2 aromatic carbocycles. The zero-order chi connectivity index (χ0) is 13.8. The van der Waals surface area contributed by atoms with Gasteiger partial charge in [0.15, 0.2) is 23.0 Å². The molecule has 2 aromatic rings. The molecule has 0 saturated carbocycles. The minimum atomic E-state index is 0.263. The largest absolute Gasteiger partial charge is 0.507 e. The first kappa shape index (κ1) is 14.6. The van der Waals surface area contributed by atoms with Gasteiger partial charge in [0.1, 0.15) is 11.5 Å². The second kappa shape index (κ2) is 6.60. The molecular weight excluding hydrogens is 466 g/mol. The predicted molar refractivity (Wildman–Crippen MR) is 95.5 cm³/mol. The molecule has 19 heavy (non-hydrogen) atoms. The van der Waals surface area contributed by atoms with Gasteiger partial charge in [-0.3, -0.25) is 0 Å². The van der Waals surface area contributed by atoms with Crippen LogP contribution >= 0.6 is 45.6 Å². The van der Waals surface area contributed by atoms with Crippen molar-refractivity contribution in [2.24, 2.45) is 0 Å². The summed E-state index contributed by atoms with van der Waals surface area (Å²) in [6, 6.07) is 13.6. The average Bonchev–Trinajstić information content (AvgIpc) is 2.39. The Balaban J connectivity index is 2.30. The maximum absolute atomic E-state index is 10.1. The van der Waals surface area contributed by atoms with Crippen LogP contribution in [0.25, 0.3) is 11.8 Å². The van der Waals surface area contributed by atoms with E-state index in [1.807, 2.05) is 72.4 Å². The van der Waals surface area contributed by atoms with Crippen LogP contribution in [0.1, 0.15) is 16.7 Å². The number of rotatable bonds is 3. The maximum Gasteiger partial charge on any atom is 0.192 e. The molecule has 0 bridgehead atoms. The Morgan fingerprint density at radius 1 is 1.16 bits per heavy atom. The van der Waals surface area contributed by atoms with Crippen LogP contribution in [0.2, 0.25) is 0 Å². The van der Waals surface area contributed by atoms with Crippen LogP contribution in [0.4, 0.5) is 0 Å². The molecule has 1 N–H and O–H groups in total. The van der Waals surface area contributed by atoms with Gasteiger partial charge >= 0.3 is 0 Å². The highest BCUT2D eigenvalue weighted by molar-refractivity contribution is 14.1. The van der Waals surface area contributed by atoms with Crippen LogP contribution in [-0.2, 0) is 0 Å². The van der Waals surface area contributed by atoms with E-state index in [1.54, 1.807) is 6.08 Å². The summed E-state index contributed by atoms with van der Waals surface area (Å²) in [5.74, 6) is 1.09. The van der Waals surface area contributed by atoms with Crippen LogP contribution in [0.3, 0.4) is 0 Å². The predicted octanol–water partition coefficient (Wildman–Crippen LogP) is 5.38. The van der Waals surface area contributed by atoms with Gasteiger partial charge in [0.25, 0.3) is 0 Å². The Bertz CT molecular complexity index is 604. The summed E-state index contributed by atoms with van der Waals surface area (Å²) in [6.45, 7) is 2.02. The van der Waals surface area contributed by atoms with E-state index in [2.05, 4.69) is 22.6 Å². The molecule has 0 atom stereocenters. The smallest absolute Gasteiger partial charge is 0.192 e. The molecule has 98 valence electrons. The van der Waals surface area contributed by atoms with Crippen molar-refractivity contribution in [3.63, 3.8) is 0 Å². The summed E-state index contributed by atoms with van der Waals surface area (Å²) >= 11 is 4.07. The van der Waals surface area contributed by atoms with Crippen molar-refractivity contribution in [2.45, 2.75) is 6.92 Å². The summed E-state index contributed by atoms with van der Waals surface area (Å²) in [4.78, 5) is 0. The number of aliphatic hydroxyl groups is 1. The van der Waals surface area contributed by atoms with Crippen molar-refractivity contribution in [1.82, 2.24) is 0 Å². The van der Waals surface area contributed by atoms with Gasteiger partial charge in [0, 0.05) is 5.56 Å². The van der Waals surface area contributed by atoms with E-state index in [-0.39, 0.29) is 5.76 Å². The molecule has 0 amide bonds. The number of hydrogen-bond donors (Lipinski definition) is 1. The third-order valence-electron chi connectivity index (χ3n) is 2.69. The fourth-order valence-electron chi connectivity index (χ4n) is 1.63. The summed E-state index contributed by atoms with van der Waals surface area (Å²) in [5.41, 5.74) is 2.93. The minimum absolute atomic E-state index is 0.263. The zero-order valence-electron chi connectivity index (χ0n) is 10.2. The first-order valence-corrected chi connectivity index (χ1v) is 7.62. The Labute approximate surface area is 140 Å². The van der Waals surface area contributed by atoms with Gasteiger partial charge in [-0.05, 0) is 53.3 Å². The van der Waals surface area contributed by atoms with Crippen LogP contribution < -0.4 is 3.07 Å². The SMILES string of the molecule is Cc1ccc(/C(O)=C/c2ccc(OI)c(I)c2)cc1. The van der Waals surface area contributed by atoms with Crippen molar-refractivity contribution in [1.29, 1.82) is 0 Å². The lowest BCUT2D eigenvalue weighted by atomic mass is 10.1.